The van der Waals surface area contributed by atoms with E-state index >= 15 is 0 Å². The summed E-state index contributed by atoms with van der Waals surface area (Å²) in [4.78, 5) is 30.0. The van der Waals surface area contributed by atoms with Crippen molar-refractivity contribution >= 4 is 24.4 Å². The Morgan fingerprint density at radius 1 is 1.06 bits per heavy atom. The molecule has 4 heterocycles. The van der Waals surface area contributed by atoms with E-state index in [4.69, 9.17) is 9.31 Å². The van der Waals surface area contributed by atoms with Gasteiger partial charge in [-0.3, -0.25) is 14.5 Å². The molecule has 1 saturated heterocycles. The summed E-state index contributed by atoms with van der Waals surface area (Å²) in [6.45, 7) is 10.6. The molecule has 0 saturated carbocycles. The monoisotopic (exact) mass is 448 g/mol. The number of amides is 2. The van der Waals surface area contributed by atoms with Crippen LogP contribution in [0.4, 0.5) is 0 Å². The molecule has 3 aliphatic rings. The lowest BCUT2D eigenvalue weighted by Gasteiger charge is -2.35. The molecular weight excluding hydrogens is 417 g/mol. The van der Waals surface area contributed by atoms with E-state index in [0.717, 1.165) is 16.7 Å². The van der Waals surface area contributed by atoms with Crippen LogP contribution in [0.2, 0.25) is 0 Å². The third kappa shape index (κ3) is 3.07. The van der Waals surface area contributed by atoms with Crippen molar-refractivity contribution in [1.29, 1.82) is 0 Å². The summed E-state index contributed by atoms with van der Waals surface area (Å²) in [5.74, 6) is -0.102. The second-order valence-corrected chi connectivity index (χ2v) is 10.7. The minimum Gasteiger partial charge on any atom is -0.399 e. The van der Waals surface area contributed by atoms with E-state index in [-0.39, 0.29) is 11.8 Å². The molecule has 1 unspecified atom stereocenters. The van der Waals surface area contributed by atoms with Gasteiger partial charge in [-0.05, 0) is 50.9 Å². The fourth-order valence-electron chi connectivity index (χ4n) is 5.16. The molecule has 0 bridgehead atoms. The van der Waals surface area contributed by atoms with Crippen LogP contribution in [-0.4, -0.2) is 54.0 Å². The van der Waals surface area contributed by atoms with Crippen LogP contribution in [0.5, 0.6) is 0 Å². The molecule has 0 aliphatic carbocycles. The van der Waals surface area contributed by atoms with E-state index < -0.39 is 24.0 Å². The zero-order chi connectivity index (χ0) is 23.9. The summed E-state index contributed by atoms with van der Waals surface area (Å²) in [7, 11) is 3.00. The standard InChI is InChI=1S/C25H31BN3O4/c1-23(2)24(3,4)33-26(32-23)17-11-12-19-16(13-17)14-25(5)28(21(19)30)15-18-9-8-10-20(29(18)25)22(31)27(6)7/h8-13H,14-15H2,1-7H3/q+1. The first-order chi connectivity index (χ1) is 15.4. The maximum Gasteiger partial charge on any atom is 0.494 e. The summed E-state index contributed by atoms with van der Waals surface area (Å²) < 4.78 is 14.5. The Hall–Kier alpha value is -2.71. The SMILES string of the molecule is CN(C)C(=O)c1cccc2[n+]1C1(C)Cc3cc(B4OC(C)(C)C(C)(C)O4)ccc3C(=O)N1C2. The molecule has 7 nitrogen and oxygen atoms in total. The normalized spacial score (nSPS) is 24.4. The molecular formula is C25H31BN3O4+. The lowest BCUT2D eigenvalue weighted by atomic mass is 9.76. The van der Waals surface area contributed by atoms with Crippen molar-refractivity contribution in [3.63, 3.8) is 0 Å². The van der Waals surface area contributed by atoms with E-state index in [2.05, 4.69) is 0 Å². The molecule has 0 spiro atoms. The number of hydrogen-bond donors (Lipinski definition) is 0. The molecule has 2 aromatic rings. The van der Waals surface area contributed by atoms with Gasteiger partial charge in [0.25, 0.3) is 11.6 Å². The van der Waals surface area contributed by atoms with Crippen LogP contribution < -0.4 is 10.0 Å². The average Bonchev–Trinajstić information content (AvgIpc) is 3.16. The van der Waals surface area contributed by atoms with E-state index in [1.54, 1.807) is 19.0 Å². The van der Waals surface area contributed by atoms with Gasteiger partial charge in [-0.25, -0.2) is 0 Å². The minimum atomic E-state index is -0.670. The van der Waals surface area contributed by atoms with Crippen LogP contribution in [-0.2, 0) is 27.9 Å². The van der Waals surface area contributed by atoms with E-state index in [0.29, 0.717) is 24.2 Å². The molecule has 1 atom stereocenters. The molecule has 8 heteroatoms. The third-order valence-electron chi connectivity index (χ3n) is 7.74. The van der Waals surface area contributed by atoms with Crippen LogP contribution in [0.1, 0.15) is 66.7 Å². The van der Waals surface area contributed by atoms with Gasteiger partial charge in [-0.1, -0.05) is 12.1 Å². The van der Waals surface area contributed by atoms with Crippen molar-refractivity contribution in [2.24, 2.45) is 0 Å². The zero-order valence-electron chi connectivity index (χ0n) is 20.4. The summed E-state index contributed by atoms with van der Waals surface area (Å²) >= 11 is 0. The third-order valence-corrected chi connectivity index (χ3v) is 7.74. The highest BCUT2D eigenvalue weighted by molar-refractivity contribution is 6.62. The summed E-state index contributed by atoms with van der Waals surface area (Å²) in [5, 5.41) is 0. The van der Waals surface area contributed by atoms with Gasteiger partial charge in [0.1, 0.15) is 6.54 Å². The highest BCUT2D eigenvalue weighted by Crippen LogP contribution is 2.38. The van der Waals surface area contributed by atoms with Crippen LogP contribution in [0, 0.1) is 0 Å². The first-order valence-corrected chi connectivity index (χ1v) is 11.4. The topological polar surface area (TPSA) is 63.0 Å². The predicted octanol–water partition coefficient (Wildman–Crippen LogP) is 1.86. The second-order valence-electron chi connectivity index (χ2n) is 10.7. The molecule has 33 heavy (non-hydrogen) atoms. The van der Waals surface area contributed by atoms with Gasteiger partial charge in [0, 0.05) is 38.7 Å². The first kappa shape index (κ1) is 22.1. The first-order valence-electron chi connectivity index (χ1n) is 11.4. The summed E-state index contributed by atoms with van der Waals surface area (Å²) in [6, 6.07) is 11.6. The number of carbonyl (C=O) groups is 2. The fourth-order valence-corrected chi connectivity index (χ4v) is 5.16. The van der Waals surface area contributed by atoms with Crippen LogP contribution in [0.25, 0.3) is 0 Å². The summed E-state index contributed by atoms with van der Waals surface area (Å²) in [5.41, 5.74) is 2.54. The van der Waals surface area contributed by atoms with Crippen LogP contribution in [0.3, 0.4) is 0 Å². The van der Waals surface area contributed by atoms with Gasteiger partial charge in [0.15, 0.2) is 0 Å². The van der Waals surface area contributed by atoms with Crippen LogP contribution >= 0.6 is 0 Å². The molecule has 2 amide bonds. The number of hydrogen-bond acceptors (Lipinski definition) is 4. The van der Waals surface area contributed by atoms with Crippen LogP contribution in [0.15, 0.2) is 36.4 Å². The van der Waals surface area contributed by atoms with E-state index in [1.807, 2.05) is 80.5 Å². The molecule has 1 aromatic carbocycles. The van der Waals surface area contributed by atoms with Crippen molar-refractivity contribution in [3.8, 4) is 0 Å². The number of aromatic nitrogens is 1. The van der Waals surface area contributed by atoms with Gasteiger partial charge in [-0.2, -0.15) is 4.57 Å². The van der Waals surface area contributed by atoms with Crippen molar-refractivity contribution in [2.45, 2.75) is 64.4 Å². The molecule has 5 rings (SSSR count). The highest BCUT2D eigenvalue weighted by Gasteiger charge is 2.57. The molecule has 1 aromatic heterocycles. The Kier molecular flexibility index (Phi) is 4.62. The second kappa shape index (κ2) is 6.90. The van der Waals surface area contributed by atoms with E-state index in [1.165, 1.54) is 0 Å². The largest absolute Gasteiger partial charge is 0.494 e. The van der Waals surface area contributed by atoms with E-state index in [9.17, 15) is 9.59 Å². The van der Waals surface area contributed by atoms with Gasteiger partial charge < -0.3 is 14.2 Å². The number of carbonyl (C=O) groups excluding carboxylic acids is 2. The average molecular weight is 448 g/mol. The molecule has 172 valence electrons. The van der Waals surface area contributed by atoms with Gasteiger partial charge in [-0.15, -0.1) is 0 Å². The predicted molar refractivity (Wildman–Crippen MR) is 124 cm³/mol. The van der Waals surface area contributed by atoms with Crippen molar-refractivity contribution in [3.05, 3.63) is 58.9 Å². The zero-order valence-corrected chi connectivity index (χ0v) is 20.4. The quantitative estimate of drug-likeness (QED) is 0.520. The highest BCUT2D eigenvalue weighted by atomic mass is 16.7. The van der Waals surface area contributed by atoms with Gasteiger partial charge >= 0.3 is 13.0 Å². The fraction of sp³-hybridized carbons (Fsp3) is 0.480. The number of fused-ring (bicyclic) bond motifs is 4. The van der Waals surface area contributed by atoms with Crippen molar-refractivity contribution in [1.82, 2.24) is 9.80 Å². The lowest BCUT2D eigenvalue weighted by molar-refractivity contribution is -0.769. The van der Waals surface area contributed by atoms with Gasteiger partial charge in [0.05, 0.1) is 17.6 Å². The number of nitrogens with zero attached hydrogens (tertiary/aromatic N) is 3. The maximum atomic E-state index is 13.6. The Balaban J connectivity index is 1.57. The number of rotatable bonds is 2. The number of benzene rings is 1. The lowest BCUT2D eigenvalue weighted by Crippen LogP contribution is -2.66. The molecule has 0 N–H and O–H groups in total. The Bertz CT molecular complexity index is 1180. The Labute approximate surface area is 195 Å². The van der Waals surface area contributed by atoms with Crippen molar-refractivity contribution < 1.29 is 23.5 Å². The Morgan fingerprint density at radius 3 is 2.36 bits per heavy atom. The van der Waals surface area contributed by atoms with Crippen molar-refractivity contribution in [2.75, 3.05) is 14.1 Å². The maximum absolute atomic E-state index is 13.6. The molecule has 1 fully saturated rings. The summed E-state index contributed by atoms with van der Waals surface area (Å²) in [6.07, 6.45) is 0.594. The van der Waals surface area contributed by atoms with Gasteiger partial charge in [0.2, 0.25) is 11.4 Å². The Morgan fingerprint density at radius 2 is 1.73 bits per heavy atom. The smallest absolute Gasteiger partial charge is 0.399 e. The molecule has 0 radical (unpaired) electrons. The molecule has 3 aliphatic heterocycles. The minimum absolute atomic E-state index is 0.0221. The number of pyridine rings is 1.